The van der Waals surface area contributed by atoms with Crippen LogP contribution >= 0.6 is 24.0 Å². The lowest BCUT2D eigenvalue weighted by atomic mass is 10.1. The van der Waals surface area contributed by atoms with Gasteiger partial charge in [0.2, 0.25) is 0 Å². The molecule has 0 saturated carbocycles. The third kappa shape index (κ3) is 6.07. The van der Waals surface area contributed by atoms with E-state index in [0.717, 1.165) is 44.6 Å². The van der Waals surface area contributed by atoms with Crippen LogP contribution in [-0.4, -0.2) is 61.6 Å². The third-order valence-corrected chi connectivity index (χ3v) is 4.53. The zero-order chi connectivity index (χ0) is 15.1. The molecule has 2 rings (SSSR count). The molecule has 0 aromatic heterocycles. The fraction of sp³-hybridized carbons (Fsp3) is 0.824. The summed E-state index contributed by atoms with van der Waals surface area (Å²) in [5.41, 5.74) is 0. The van der Waals surface area contributed by atoms with Crippen LogP contribution in [0.1, 0.15) is 39.5 Å². The van der Waals surface area contributed by atoms with Crippen LogP contribution in [0.4, 0.5) is 0 Å². The molecule has 0 amide bonds. The molecule has 0 aliphatic carbocycles. The van der Waals surface area contributed by atoms with E-state index < -0.39 is 0 Å². The largest absolute Gasteiger partial charge is 0.356 e. The van der Waals surface area contributed by atoms with E-state index in [1.807, 2.05) is 7.05 Å². The van der Waals surface area contributed by atoms with Gasteiger partial charge in [-0.25, -0.2) is 0 Å². The standard InChI is InChI=1S/C17H32N4.HI/c1-15(2)8-4-5-10-19-17(18-3)21-13-9-16(14-21)20-11-6-7-12-20;/h6-7,15-16H,4-5,8-14H2,1-3H3,(H,18,19);1H. The van der Waals surface area contributed by atoms with Crippen molar-refractivity contribution in [1.29, 1.82) is 0 Å². The quantitative estimate of drug-likeness (QED) is 0.236. The van der Waals surface area contributed by atoms with E-state index >= 15 is 0 Å². The van der Waals surface area contributed by atoms with Gasteiger partial charge in [-0.05, 0) is 18.8 Å². The summed E-state index contributed by atoms with van der Waals surface area (Å²) in [6.07, 6.45) is 9.70. The number of hydrogen-bond donors (Lipinski definition) is 1. The van der Waals surface area contributed by atoms with Gasteiger partial charge in [-0.15, -0.1) is 24.0 Å². The Morgan fingerprint density at radius 2 is 2.00 bits per heavy atom. The van der Waals surface area contributed by atoms with Crippen molar-refractivity contribution in [3.63, 3.8) is 0 Å². The summed E-state index contributed by atoms with van der Waals surface area (Å²) in [4.78, 5) is 9.45. The Morgan fingerprint density at radius 1 is 1.27 bits per heavy atom. The van der Waals surface area contributed by atoms with Crippen LogP contribution < -0.4 is 5.32 Å². The summed E-state index contributed by atoms with van der Waals surface area (Å²) < 4.78 is 0. The van der Waals surface area contributed by atoms with E-state index in [1.54, 1.807) is 0 Å². The van der Waals surface area contributed by atoms with Crippen LogP contribution in [-0.2, 0) is 0 Å². The number of nitrogens with one attached hydrogen (secondary N) is 1. The summed E-state index contributed by atoms with van der Waals surface area (Å²) in [5, 5.41) is 3.54. The first-order valence-corrected chi connectivity index (χ1v) is 8.55. The van der Waals surface area contributed by atoms with Gasteiger partial charge in [-0.3, -0.25) is 9.89 Å². The van der Waals surface area contributed by atoms with Gasteiger partial charge >= 0.3 is 0 Å². The summed E-state index contributed by atoms with van der Waals surface area (Å²) in [7, 11) is 1.90. The summed E-state index contributed by atoms with van der Waals surface area (Å²) in [6, 6.07) is 0.694. The number of guanidine groups is 1. The Morgan fingerprint density at radius 3 is 2.64 bits per heavy atom. The van der Waals surface area contributed by atoms with Crippen molar-refractivity contribution in [3.05, 3.63) is 12.2 Å². The number of aliphatic imine (C=N–C) groups is 1. The first kappa shape index (κ1) is 19.7. The van der Waals surface area contributed by atoms with Crippen molar-refractivity contribution in [1.82, 2.24) is 15.1 Å². The van der Waals surface area contributed by atoms with Gasteiger partial charge in [0.15, 0.2) is 5.96 Å². The second kappa shape index (κ2) is 10.5. The molecule has 0 radical (unpaired) electrons. The fourth-order valence-electron chi connectivity index (χ4n) is 3.23. The highest BCUT2D eigenvalue weighted by Crippen LogP contribution is 2.17. The van der Waals surface area contributed by atoms with E-state index in [4.69, 9.17) is 0 Å². The molecule has 4 nitrogen and oxygen atoms in total. The number of nitrogens with zero attached hydrogens (tertiary/aromatic N) is 3. The molecule has 1 atom stereocenters. The van der Waals surface area contributed by atoms with Crippen LogP contribution in [0, 0.1) is 5.92 Å². The average molecular weight is 420 g/mol. The third-order valence-electron chi connectivity index (χ3n) is 4.53. The van der Waals surface area contributed by atoms with E-state index in [1.165, 1.54) is 25.7 Å². The smallest absolute Gasteiger partial charge is 0.193 e. The van der Waals surface area contributed by atoms with E-state index in [-0.39, 0.29) is 24.0 Å². The lowest BCUT2D eigenvalue weighted by molar-refractivity contribution is 0.259. The van der Waals surface area contributed by atoms with Crippen LogP contribution in [0.2, 0.25) is 0 Å². The maximum atomic E-state index is 4.46. The van der Waals surface area contributed by atoms with Crippen LogP contribution in [0.5, 0.6) is 0 Å². The zero-order valence-corrected chi connectivity index (χ0v) is 16.8. The topological polar surface area (TPSA) is 30.9 Å². The number of rotatable bonds is 6. The van der Waals surface area contributed by atoms with Gasteiger partial charge in [0.25, 0.3) is 0 Å². The van der Waals surface area contributed by atoms with Crippen LogP contribution in [0.25, 0.3) is 0 Å². The molecule has 1 unspecified atom stereocenters. The molecule has 5 heteroatoms. The maximum absolute atomic E-state index is 4.46. The minimum atomic E-state index is 0. The normalized spacial score (nSPS) is 22.5. The van der Waals surface area contributed by atoms with Gasteiger partial charge in [-0.2, -0.15) is 0 Å². The monoisotopic (exact) mass is 420 g/mol. The minimum Gasteiger partial charge on any atom is -0.356 e. The van der Waals surface area contributed by atoms with Gasteiger partial charge < -0.3 is 10.2 Å². The van der Waals surface area contributed by atoms with Crippen molar-refractivity contribution in [3.8, 4) is 0 Å². The lowest BCUT2D eigenvalue weighted by Crippen LogP contribution is -2.43. The fourth-order valence-corrected chi connectivity index (χ4v) is 3.23. The molecule has 0 bridgehead atoms. The van der Waals surface area contributed by atoms with Crippen molar-refractivity contribution < 1.29 is 0 Å². The SMILES string of the molecule is CN=C(NCCCCC(C)C)N1CCC(N2CC=CC2)C1.I. The molecule has 22 heavy (non-hydrogen) atoms. The lowest BCUT2D eigenvalue weighted by Gasteiger charge is -2.25. The van der Waals surface area contributed by atoms with Crippen molar-refractivity contribution in [2.45, 2.75) is 45.6 Å². The second-order valence-corrected chi connectivity index (χ2v) is 6.68. The number of unbranched alkanes of at least 4 members (excludes halogenated alkanes) is 1. The van der Waals surface area contributed by atoms with E-state index in [9.17, 15) is 0 Å². The van der Waals surface area contributed by atoms with Crippen LogP contribution in [0.15, 0.2) is 17.1 Å². The molecule has 128 valence electrons. The van der Waals surface area contributed by atoms with Gasteiger partial charge in [0.05, 0.1) is 0 Å². The van der Waals surface area contributed by atoms with Crippen molar-refractivity contribution >= 4 is 29.9 Å². The highest BCUT2D eigenvalue weighted by molar-refractivity contribution is 14.0. The summed E-state index contributed by atoms with van der Waals surface area (Å²) >= 11 is 0. The molecular weight excluding hydrogens is 387 g/mol. The van der Waals surface area contributed by atoms with Gasteiger partial charge in [0, 0.05) is 45.8 Å². The molecule has 0 spiro atoms. The second-order valence-electron chi connectivity index (χ2n) is 6.68. The Labute approximate surface area is 153 Å². The van der Waals surface area contributed by atoms with Crippen molar-refractivity contribution in [2.75, 3.05) is 39.8 Å². The maximum Gasteiger partial charge on any atom is 0.193 e. The Balaban J connectivity index is 0.00000242. The molecule has 1 fully saturated rings. The molecule has 2 aliphatic heterocycles. The number of halogens is 1. The summed E-state index contributed by atoms with van der Waals surface area (Å²) in [6.45, 7) is 10.1. The Bertz CT molecular complexity index is 360. The molecular formula is C17H33IN4. The van der Waals surface area contributed by atoms with E-state index in [2.05, 4.69) is 46.1 Å². The highest BCUT2D eigenvalue weighted by Gasteiger charge is 2.29. The molecule has 2 aliphatic rings. The molecule has 1 saturated heterocycles. The first-order chi connectivity index (χ1) is 10.2. The molecule has 1 N–H and O–H groups in total. The average Bonchev–Trinajstić information content (AvgIpc) is 3.12. The Kier molecular flexibility index (Phi) is 9.40. The van der Waals surface area contributed by atoms with Crippen molar-refractivity contribution in [2.24, 2.45) is 10.9 Å². The summed E-state index contributed by atoms with van der Waals surface area (Å²) in [5.74, 6) is 1.91. The van der Waals surface area contributed by atoms with Gasteiger partial charge in [0.1, 0.15) is 0 Å². The Hall–Kier alpha value is -0.300. The van der Waals surface area contributed by atoms with E-state index in [0.29, 0.717) is 6.04 Å². The van der Waals surface area contributed by atoms with Gasteiger partial charge in [-0.1, -0.05) is 38.8 Å². The zero-order valence-electron chi connectivity index (χ0n) is 14.4. The predicted molar refractivity (Wildman–Crippen MR) is 106 cm³/mol. The number of likely N-dealkylation sites (tertiary alicyclic amines) is 1. The minimum absolute atomic E-state index is 0. The van der Waals surface area contributed by atoms with Crippen LogP contribution in [0.3, 0.4) is 0 Å². The predicted octanol–water partition coefficient (Wildman–Crippen LogP) is 2.95. The molecule has 0 aromatic rings. The highest BCUT2D eigenvalue weighted by atomic mass is 127. The first-order valence-electron chi connectivity index (χ1n) is 8.55. The number of hydrogen-bond acceptors (Lipinski definition) is 2. The molecule has 0 aromatic carbocycles. The molecule has 2 heterocycles.